The summed E-state index contributed by atoms with van der Waals surface area (Å²) in [5.74, 6) is 1.72. The van der Waals surface area contributed by atoms with E-state index in [1.807, 2.05) is 0 Å². The van der Waals surface area contributed by atoms with Crippen LogP contribution in [0.2, 0.25) is 0 Å². The Hall–Kier alpha value is -0.170. The molecule has 0 aliphatic heterocycles. The Kier molecular flexibility index (Phi) is 9.63. The predicted octanol–water partition coefficient (Wildman–Crippen LogP) is 2.97. The van der Waals surface area contributed by atoms with Crippen LogP contribution in [0.5, 0.6) is 0 Å². The molecule has 0 rings (SSSR count). The van der Waals surface area contributed by atoms with Gasteiger partial charge in [-0.25, -0.2) is 8.42 Å². The van der Waals surface area contributed by atoms with Gasteiger partial charge in [-0.1, -0.05) is 34.6 Å². The van der Waals surface area contributed by atoms with E-state index >= 15 is 0 Å². The fourth-order valence-corrected chi connectivity index (χ4v) is 2.73. The molecule has 6 heteroatoms. The molecular formula is C14H29O5S-. The second-order valence-electron chi connectivity index (χ2n) is 6.32. The molecule has 0 saturated carbocycles. The average molecular weight is 309 g/mol. The lowest BCUT2D eigenvalue weighted by atomic mass is 9.91. The summed E-state index contributed by atoms with van der Waals surface area (Å²) >= 11 is 0. The molecule has 0 aliphatic rings. The zero-order valence-electron chi connectivity index (χ0n) is 13.3. The van der Waals surface area contributed by atoms with Gasteiger partial charge in [0.25, 0.3) is 0 Å². The topological polar surface area (TPSA) is 75.7 Å². The minimum absolute atomic E-state index is 0.0849. The highest BCUT2D eigenvalue weighted by atomic mass is 32.3. The van der Waals surface area contributed by atoms with Gasteiger partial charge in [-0.3, -0.25) is 4.18 Å². The van der Waals surface area contributed by atoms with Gasteiger partial charge in [0.2, 0.25) is 10.4 Å². The lowest BCUT2D eigenvalue weighted by molar-refractivity contribution is 0.00695. The van der Waals surface area contributed by atoms with Crippen LogP contribution >= 0.6 is 0 Å². The average Bonchev–Trinajstić information content (AvgIpc) is 2.20. The third kappa shape index (κ3) is 12.8. The first-order valence-electron chi connectivity index (χ1n) is 7.32. The van der Waals surface area contributed by atoms with Crippen molar-refractivity contribution in [2.45, 2.75) is 60.0 Å². The van der Waals surface area contributed by atoms with Crippen molar-refractivity contribution in [3.8, 4) is 0 Å². The van der Waals surface area contributed by atoms with Crippen molar-refractivity contribution in [3.05, 3.63) is 0 Å². The van der Waals surface area contributed by atoms with Crippen molar-refractivity contribution in [2.75, 3.05) is 13.2 Å². The number of rotatable bonds is 11. The van der Waals surface area contributed by atoms with Crippen LogP contribution in [0.3, 0.4) is 0 Å². The summed E-state index contributed by atoms with van der Waals surface area (Å²) in [6.07, 6.45) is 3.10. The van der Waals surface area contributed by atoms with Crippen LogP contribution in [0.4, 0.5) is 0 Å². The van der Waals surface area contributed by atoms with E-state index in [2.05, 4.69) is 38.8 Å². The molecule has 0 fully saturated rings. The molecule has 0 spiro atoms. The zero-order valence-corrected chi connectivity index (χ0v) is 14.1. The summed E-state index contributed by atoms with van der Waals surface area (Å²) in [7, 11) is -4.61. The standard InChI is InChI=1S/C14H30O5S/c1-11(2)8-13(5)10-14(9-12(3)4)18-6-7-19-20(15,16)17/h11-14H,6-10H2,1-5H3,(H,15,16,17)/p-1. The van der Waals surface area contributed by atoms with Crippen molar-refractivity contribution in [2.24, 2.45) is 17.8 Å². The van der Waals surface area contributed by atoms with E-state index in [4.69, 9.17) is 4.74 Å². The molecule has 0 aromatic rings. The van der Waals surface area contributed by atoms with Gasteiger partial charge < -0.3 is 9.29 Å². The highest BCUT2D eigenvalue weighted by Crippen LogP contribution is 2.21. The van der Waals surface area contributed by atoms with E-state index in [0.717, 1.165) is 19.3 Å². The van der Waals surface area contributed by atoms with Gasteiger partial charge in [-0.15, -0.1) is 0 Å². The maximum Gasteiger partial charge on any atom is 0.217 e. The lowest BCUT2D eigenvalue weighted by Gasteiger charge is -2.24. The molecule has 0 aliphatic carbocycles. The Balaban J connectivity index is 4.14. The van der Waals surface area contributed by atoms with Gasteiger partial charge in [0.1, 0.15) is 0 Å². The molecule has 0 heterocycles. The Morgan fingerprint density at radius 2 is 1.45 bits per heavy atom. The highest BCUT2D eigenvalue weighted by Gasteiger charge is 2.16. The monoisotopic (exact) mass is 309 g/mol. The van der Waals surface area contributed by atoms with Crippen molar-refractivity contribution in [3.63, 3.8) is 0 Å². The van der Waals surface area contributed by atoms with E-state index in [0.29, 0.717) is 17.8 Å². The van der Waals surface area contributed by atoms with Crippen LogP contribution < -0.4 is 0 Å². The van der Waals surface area contributed by atoms with Crippen molar-refractivity contribution in [1.82, 2.24) is 0 Å². The Labute approximate surface area is 124 Å². The van der Waals surface area contributed by atoms with Crippen LogP contribution in [0.25, 0.3) is 0 Å². The number of hydrogen-bond donors (Lipinski definition) is 0. The molecule has 0 N–H and O–H groups in total. The molecule has 122 valence electrons. The Morgan fingerprint density at radius 3 is 1.90 bits per heavy atom. The molecule has 0 amide bonds. The summed E-state index contributed by atoms with van der Waals surface area (Å²) in [5.41, 5.74) is 0. The van der Waals surface area contributed by atoms with Gasteiger partial charge >= 0.3 is 0 Å². The van der Waals surface area contributed by atoms with Crippen LogP contribution in [0, 0.1) is 17.8 Å². The van der Waals surface area contributed by atoms with Gasteiger partial charge in [0.05, 0.1) is 19.3 Å². The number of hydrogen-bond acceptors (Lipinski definition) is 5. The van der Waals surface area contributed by atoms with E-state index < -0.39 is 10.4 Å². The maximum absolute atomic E-state index is 10.3. The Morgan fingerprint density at radius 1 is 0.900 bits per heavy atom. The van der Waals surface area contributed by atoms with Crippen molar-refractivity contribution >= 4 is 10.4 Å². The van der Waals surface area contributed by atoms with E-state index in [-0.39, 0.29) is 19.3 Å². The molecule has 0 radical (unpaired) electrons. The molecular weight excluding hydrogens is 280 g/mol. The maximum atomic E-state index is 10.3. The lowest BCUT2D eigenvalue weighted by Crippen LogP contribution is -2.22. The van der Waals surface area contributed by atoms with Crippen LogP contribution in [-0.4, -0.2) is 32.3 Å². The zero-order chi connectivity index (χ0) is 15.8. The van der Waals surface area contributed by atoms with Crippen LogP contribution in [-0.2, 0) is 19.3 Å². The third-order valence-corrected chi connectivity index (χ3v) is 3.39. The first kappa shape index (κ1) is 19.8. The van der Waals surface area contributed by atoms with E-state index in [1.165, 1.54) is 0 Å². The van der Waals surface area contributed by atoms with Gasteiger partial charge in [0.15, 0.2) is 0 Å². The van der Waals surface area contributed by atoms with Gasteiger partial charge in [-0.05, 0) is 37.0 Å². The second-order valence-corrected chi connectivity index (χ2v) is 7.38. The summed E-state index contributed by atoms with van der Waals surface area (Å²) in [6.45, 7) is 10.8. The largest absolute Gasteiger partial charge is 0.726 e. The first-order chi connectivity index (χ1) is 9.10. The fourth-order valence-electron chi connectivity index (χ4n) is 2.46. The molecule has 0 aromatic carbocycles. The van der Waals surface area contributed by atoms with E-state index in [1.54, 1.807) is 0 Å². The quantitative estimate of drug-likeness (QED) is 0.333. The molecule has 5 nitrogen and oxygen atoms in total. The summed E-state index contributed by atoms with van der Waals surface area (Å²) in [5, 5.41) is 0. The third-order valence-electron chi connectivity index (χ3n) is 2.94. The normalized spacial score (nSPS) is 15.8. The SMILES string of the molecule is CC(C)CC(C)CC(CC(C)C)OCCOS(=O)(=O)[O-]. The second kappa shape index (κ2) is 9.71. The smallest absolute Gasteiger partial charge is 0.217 e. The molecule has 2 unspecified atom stereocenters. The molecule has 20 heavy (non-hydrogen) atoms. The van der Waals surface area contributed by atoms with Crippen LogP contribution in [0.15, 0.2) is 0 Å². The van der Waals surface area contributed by atoms with Gasteiger partial charge in [-0.2, -0.15) is 0 Å². The molecule has 0 saturated heterocycles. The molecule has 2 atom stereocenters. The summed E-state index contributed by atoms with van der Waals surface area (Å²) in [4.78, 5) is 0. The number of ether oxygens (including phenoxy) is 1. The first-order valence-corrected chi connectivity index (χ1v) is 8.65. The van der Waals surface area contributed by atoms with Gasteiger partial charge in [0, 0.05) is 0 Å². The molecule has 0 bridgehead atoms. The van der Waals surface area contributed by atoms with Crippen LogP contribution in [0.1, 0.15) is 53.9 Å². The summed E-state index contributed by atoms with van der Waals surface area (Å²) < 4.78 is 40.8. The minimum Gasteiger partial charge on any atom is -0.726 e. The highest BCUT2D eigenvalue weighted by molar-refractivity contribution is 7.80. The minimum atomic E-state index is -4.61. The predicted molar refractivity (Wildman–Crippen MR) is 78.1 cm³/mol. The van der Waals surface area contributed by atoms with E-state index in [9.17, 15) is 13.0 Å². The van der Waals surface area contributed by atoms with Crippen molar-refractivity contribution in [1.29, 1.82) is 0 Å². The van der Waals surface area contributed by atoms with Crippen molar-refractivity contribution < 1.29 is 21.9 Å². The summed E-state index contributed by atoms with van der Waals surface area (Å²) in [6, 6.07) is 0. The Bertz CT molecular complexity index is 337. The fraction of sp³-hybridized carbons (Fsp3) is 1.00. The molecule has 0 aromatic heterocycles.